The molecule has 130 valence electrons. The Morgan fingerprint density at radius 3 is 2.05 bits per heavy atom. The van der Waals surface area contributed by atoms with Gasteiger partial charge in [0.2, 0.25) is 0 Å². The molecule has 22 heavy (non-hydrogen) atoms. The molecule has 2 aliphatic carbocycles. The van der Waals surface area contributed by atoms with E-state index in [9.17, 15) is 0 Å². The van der Waals surface area contributed by atoms with E-state index < -0.39 is 0 Å². The van der Waals surface area contributed by atoms with E-state index in [0.29, 0.717) is 6.10 Å². The van der Waals surface area contributed by atoms with Gasteiger partial charge < -0.3 is 4.74 Å². The van der Waals surface area contributed by atoms with Crippen LogP contribution < -0.4 is 0 Å². The predicted octanol–water partition coefficient (Wildman–Crippen LogP) is 6.75. The number of unbranched alkanes of at least 4 members (excludes halogenated alkanes) is 4. The van der Waals surface area contributed by atoms with Crippen LogP contribution in [0.25, 0.3) is 0 Å². The maximum absolute atomic E-state index is 6.26. The maximum atomic E-state index is 6.26. The second-order valence-corrected chi connectivity index (χ2v) is 8.30. The van der Waals surface area contributed by atoms with E-state index in [1.54, 1.807) is 0 Å². The molecule has 0 saturated heterocycles. The van der Waals surface area contributed by atoms with Crippen molar-refractivity contribution in [3.63, 3.8) is 0 Å². The summed E-state index contributed by atoms with van der Waals surface area (Å²) in [5.74, 6) is 2.84. The minimum Gasteiger partial charge on any atom is -0.378 e. The number of hydrogen-bond donors (Lipinski definition) is 0. The van der Waals surface area contributed by atoms with Gasteiger partial charge in [-0.2, -0.15) is 0 Å². The highest BCUT2D eigenvalue weighted by atomic mass is 16.5. The standard InChI is InChI=1S/C21H40O/c1-3-4-5-6-7-8-19-13-15-21(16-14-19)22-17-20-11-9-18(2)10-12-20/h18-21H,3-17H2,1-2H3. The van der Waals surface area contributed by atoms with Crippen LogP contribution in [0.15, 0.2) is 0 Å². The molecule has 2 saturated carbocycles. The summed E-state index contributed by atoms with van der Waals surface area (Å²) in [6.45, 7) is 5.76. The fourth-order valence-electron chi connectivity index (χ4n) is 4.39. The topological polar surface area (TPSA) is 9.23 Å². The molecule has 0 heterocycles. The second kappa shape index (κ2) is 10.7. The van der Waals surface area contributed by atoms with Gasteiger partial charge in [0.15, 0.2) is 0 Å². The van der Waals surface area contributed by atoms with E-state index in [-0.39, 0.29) is 0 Å². The van der Waals surface area contributed by atoms with E-state index in [1.165, 1.54) is 89.9 Å². The monoisotopic (exact) mass is 308 g/mol. The van der Waals surface area contributed by atoms with Gasteiger partial charge in [-0.3, -0.25) is 0 Å². The zero-order valence-electron chi connectivity index (χ0n) is 15.3. The van der Waals surface area contributed by atoms with Crippen LogP contribution in [0.2, 0.25) is 0 Å². The second-order valence-electron chi connectivity index (χ2n) is 8.30. The average Bonchev–Trinajstić information content (AvgIpc) is 2.55. The van der Waals surface area contributed by atoms with Crippen molar-refractivity contribution in [2.75, 3.05) is 6.61 Å². The number of ether oxygens (including phenoxy) is 1. The third-order valence-electron chi connectivity index (χ3n) is 6.21. The summed E-state index contributed by atoms with van der Waals surface area (Å²) in [7, 11) is 0. The highest BCUT2D eigenvalue weighted by molar-refractivity contribution is 4.75. The Morgan fingerprint density at radius 1 is 0.727 bits per heavy atom. The van der Waals surface area contributed by atoms with Crippen LogP contribution in [0, 0.1) is 17.8 Å². The molecule has 0 spiro atoms. The van der Waals surface area contributed by atoms with Crippen molar-refractivity contribution in [1.29, 1.82) is 0 Å². The van der Waals surface area contributed by atoms with Gasteiger partial charge in [-0.1, -0.05) is 65.2 Å². The third kappa shape index (κ3) is 7.02. The lowest BCUT2D eigenvalue weighted by molar-refractivity contribution is -0.00970. The molecule has 0 N–H and O–H groups in total. The maximum Gasteiger partial charge on any atom is 0.0575 e. The quantitative estimate of drug-likeness (QED) is 0.428. The Bertz CT molecular complexity index is 259. The summed E-state index contributed by atoms with van der Waals surface area (Å²) in [6.07, 6.45) is 20.5. The normalized spacial score (nSPS) is 33.0. The zero-order valence-corrected chi connectivity index (χ0v) is 15.3. The molecule has 2 fully saturated rings. The van der Waals surface area contributed by atoms with Crippen LogP contribution in [0.3, 0.4) is 0 Å². The van der Waals surface area contributed by atoms with Crippen molar-refractivity contribution in [2.45, 2.75) is 110 Å². The summed E-state index contributed by atoms with van der Waals surface area (Å²) < 4.78 is 6.26. The van der Waals surface area contributed by atoms with Crippen molar-refractivity contribution >= 4 is 0 Å². The van der Waals surface area contributed by atoms with E-state index in [1.807, 2.05) is 0 Å². The molecule has 0 aromatic carbocycles. The lowest BCUT2D eigenvalue weighted by Gasteiger charge is -2.31. The van der Waals surface area contributed by atoms with Gasteiger partial charge in [-0.15, -0.1) is 0 Å². The Kier molecular flexibility index (Phi) is 8.89. The molecule has 0 aromatic heterocycles. The smallest absolute Gasteiger partial charge is 0.0575 e. The Hall–Kier alpha value is -0.0400. The lowest BCUT2D eigenvalue weighted by atomic mass is 9.82. The minimum atomic E-state index is 0.593. The van der Waals surface area contributed by atoms with Crippen LogP contribution >= 0.6 is 0 Å². The first-order valence-electron chi connectivity index (χ1n) is 10.4. The molecular weight excluding hydrogens is 268 g/mol. The molecule has 1 nitrogen and oxygen atoms in total. The average molecular weight is 309 g/mol. The predicted molar refractivity (Wildman–Crippen MR) is 96.2 cm³/mol. The van der Waals surface area contributed by atoms with Gasteiger partial charge >= 0.3 is 0 Å². The molecule has 2 rings (SSSR count). The first kappa shape index (κ1) is 18.3. The number of rotatable bonds is 9. The molecule has 0 bridgehead atoms. The Labute approximate surface area is 139 Å². The van der Waals surface area contributed by atoms with Crippen molar-refractivity contribution in [2.24, 2.45) is 17.8 Å². The van der Waals surface area contributed by atoms with E-state index >= 15 is 0 Å². The zero-order chi connectivity index (χ0) is 15.6. The van der Waals surface area contributed by atoms with Crippen LogP contribution in [-0.4, -0.2) is 12.7 Å². The molecule has 0 radical (unpaired) electrons. The fourth-order valence-corrected chi connectivity index (χ4v) is 4.39. The molecule has 1 heteroatoms. The van der Waals surface area contributed by atoms with Crippen LogP contribution in [0.4, 0.5) is 0 Å². The van der Waals surface area contributed by atoms with Crippen molar-refractivity contribution in [3.05, 3.63) is 0 Å². The molecule has 0 atom stereocenters. The van der Waals surface area contributed by atoms with Gasteiger partial charge in [0.25, 0.3) is 0 Å². The van der Waals surface area contributed by atoms with Gasteiger partial charge in [-0.25, -0.2) is 0 Å². The van der Waals surface area contributed by atoms with Crippen molar-refractivity contribution < 1.29 is 4.74 Å². The van der Waals surface area contributed by atoms with E-state index in [4.69, 9.17) is 4.74 Å². The summed E-state index contributed by atoms with van der Waals surface area (Å²) in [5.41, 5.74) is 0. The largest absolute Gasteiger partial charge is 0.378 e. The third-order valence-corrected chi connectivity index (χ3v) is 6.21. The van der Waals surface area contributed by atoms with Crippen molar-refractivity contribution in [1.82, 2.24) is 0 Å². The van der Waals surface area contributed by atoms with Crippen LogP contribution in [-0.2, 0) is 4.74 Å². The van der Waals surface area contributed by atoms with E-state index in [2.05, 4.69) is 13.8 Å². The highest BCUT2D eigenvalue weighted by Crippen LogP contribution is 2.32. The minimum absolute atomic E-state index is 0.593. The lowest BCUT2D eigenvalue weighted by Crippen LogP contribution is -2.25. The summed E-state index contributed by atoms with van der Waals surface area (Å²) in [5, 5.41) is 0. The highest BCUT2D eigenvalue weighted by Gasteiger charge is 2.23. The Morgan fingerprint density at radius 2 is 1.36 bits per heavy atom. The van der Waals surface area contributed by atoms with Gasteiger partial charge in [-0.05, 0) is 56.3 Å². The first-order chi connectivity index (χ1) is 10.8. The van der Waals surface area contributed by atoms with Crippen molar-refractivity contribution in [3.8, 4) is 0 Å². The van der Waals surface area contributed by atoms with Gasteiger partial charge in [0, 0.05) is 6.61 Å². The molecule has 2 aliphatic rings. The molecule has 0 unspecified atom stereocenters. The summed E-state index contributed by atoms with van der Waals surface area (Å²) >= 11 is 0. The van der Waals surface area contributed by atoms with E-state index in [0.717, 1.165) is 24.4 Å². The van der Waals surface area contributed by atoms with Crippen LogP contribution in [0.5, 0.6) is 0 Å². The van der Waals surface area contributed by atoms with Crippen LogP contribution in [0.1, 0.15) is 104 Å². The summed E-state index contributed by atoms with van der Waals surface area (Å²) in [6, 6.07) is 0. The molecule has 0 aliphatic heterocycles. The van der Waals surface area contributed by atoms with Gasteiger partial charge in [0.1, 0.15) is 0 Å². The first-order valence-corrected chi connectivity index (χ1v) is 10.4. The number of hydrogen-bond acceptors (Lipinski definition) is 1. The SMILES string of the molecule is CCCCCCCC1CCC(OCC2CCC(C)CC2)CC1. The molecular formula is C21H40O. The molecule has 0 amide bonds. The summed E-state index contributed by atoms with van der Waals surface area (Å²) in [4.78, 5) is 0. The Balaban J connectivity index is 1.48. The van der Waals surface area contributed by atoms with Gasteiger partial charge in [0.05, 0.1) is 6.10 Å². The molecule has 0 aromatic rings. The fraction of sp³-hybridized carbons (Fsp3) is 1.00.